The van der Waals surface area contributed by atoms with Gasteiger partial charge in [-0.3, -0.25) is 19.1 Å². The van der Waals surface area contributed by atoms with E-state index in [-0.39, 0.29) is 37.0 Å². The van der Waals surface area contributed by atoms with Crippen LogP contribution in [0.1, 0.15) is 96.8 Å². The predicted molar refractivity (Wildman–Crippen MR) is 143 cm³/mol. The van der Waals surface area contributed by atoms with Crippen LogP contribution in [-0.2, 0) is 16.3 Å². The lowest BCUT2D eigenvalue weighted by molar-refractivity contribution is -0.137. The number of allylic oxidation sites excluding steroid dienone is 2. The summed E-state index contributed by atoms with van der Waals surface area (Å²) >= 11 is 0. The van der Waals surface area contributed by atoms with Crippen molar-refractivity contribution in [1.29, 1.82) is 0 Å². The van der Waals surface area contributed by atoms with E-state index < -0.39 is 5.97 Å². The molecule has 2 rings (SSSR count). The maximum absolute atomic E-state index is 11.4. The van der Waals surface area contributed by atoms with Crippen molar-refractivity contribution in [2.45, 2.75) is 104 Å². The Morgan fingerprint density at radius 3 is 2.28 bits per heavy atom. The zero-order chi connectivity index (χ0) is 26.4. The van der Waals surface area contributed by atoms with Crippen LogP contribution in [0, 0.1) is 0 Å². The number of nitrogens with two attached hydrogens (primary N) is 1. The first-order chi connectivity index (χ1) is 17.5. The van der Waals surface area contributed by atoms with Gasteiger partial charge in [-0.2, -0.15) is 4.98 Å². The molecule has 2 aromatic heterocycles. The van der Waals surface area contributed by atoms with Gasteiger partial charge in [-0.1, -0.05) is 70.4 Å². The van der Waals surface area contributed by atoms with Gasteiger partial charge >= 0.3 is 5.97 Å². The molecule has 10 nitrogen and oxygen atoms in total. The van der Waals surface area contributed by atoms with Crippen molar-refractivity contribution in [3.05, 3.63) is 28.8 Å². The quantitative estimate of drug-likeness (QED) is 0.156. The highest BCUT2D eigenvalue weighted by molar-refractivity contribution is 5.70. The van der Waals surface area contributed by atoms with Crippen molar-refractivity contribution in [1.82, 2.24) is 19.5 Å². The normalized spacial score (nSPS) is 11.2. The van der Waals surface area contributed by atoms with E-state index >= 15 is 0 Å². The van der Waals surface area contributed by atoms with E-state index in [4.69, 9.17) is 20.7 Å². The topological polar surface area (TPSA) is 156 Å². The fourth-order valence-corrected chi connectivity index (χ4v) is 3.64. The van der Waals surface area contributed by atoms with Gasteiger partial charge in [0.15, 0.2) is 11.2 Å². The minimum atomic E-state index is -0.664. The van der Waals surface area contributed by atoms with Gasteiger partial charge in [-0.05, 0) is 32.1 Å². The average molecular weight is 508 g/mol. The summed E-state index contributed by atoms with van der Waals surface area (Å²) in [6.07, 6.45) is 22.7. The molecule has 0 aliphatic heterocycles. The molecule has 0 aliphatic carbocycles. The Kier molecular flexibility index (Phi) is 17.8. The van der Waals surface area contributed by atoms with E-state index in [1.165, 1.54) is 81.5 Å². The summed E-state index contributed by atoms with van der Waals surface area (Å²) < 4.78 is 6.63. The Bertz CT molecular complexity index is 925. The lowest BCUT2D eigenvalue weighted by atomic mass is 10.1. The van der Waals surface area contributed by atoms with Crippen molar-refractivity contribution in [3.63, 3.8) is 0 Å². The minimum absolute atomic E-state index is 0.0291. The van der Waals surface area contributed by atoms with E-state index in [2.05, 4.69) is 34.0 Å². The van der Waals surface area contributed by atoms with Crippen LogP contribution < -0.4 is 11.3 Å². The Balaban J connectivity index is 0.000000367. The van der Waals surface area contributed by atoms with Gasteiger partial charge in [-0.15, -0.1) is 0 Å². The van der Waals surface area contributed by atoms with Crippen molar-refractivity contribution < 1.29 is 19.7 Å². The molecule has 0 bridgehead atoms. The molecule has 0 saturated heterocycles. The number of aliphatic carboxylic acids is 1. The molecular weight excluding hydrogens is 462 g/mol. The number of carbonyl (C=O) groups is 1. The Morgan fingerprint density at radius 1 is 1.06 bits per heavy atom. The lowest BCUT2D eigenvalue weighted by Gasteiger charge is -2.03. The van der Waals surface area contributed by atoms with Crippen molar-refractivity contribution in [2.75, 3.05) is 18.9 Å². The summed E-state index contributed by atoms with van der Waals surface area (Å²) in [5.41, 5.74) is 5.60. The number of aromatic nitrogens is 4. The molecular formula is C26H45N5O5. The first-order valence-electron chi connectivity index (χ1n) is 13.3. The summed E-state index contributed by atoms with van der Waals surface area (Å²) in [7, 11) is 0. The molecule has 204 valence electrons. The number of aromatic amines is 1. The van der Waals surface area contributed by atoms with E-state index in [9.17, 15) is 9.59 Å². The number of fused-ring (bicyclic) bond motifs is 1. The maximum atomic E-state index is 11.4. The second kappa shape index (κ2) is 20.5. The number of imidazole rings is 1. The van der Waals surface area contributed by atoms with Crippen LogP contribution in [0.15, 0.2) is 23.3 Å². The van der Waals surface area contributed by atoms with Gasteiger partial charge in [0.05, 0.1) is 19.5 Å². The number of rotatable bonds is 19. The van der Waals surface area contributed by atoms with Gasteiger partial charge in [0.2, 0.25) is 5.95 Å². The SMILES string of the molecule is CCCCCCCC/C=C/CCCCCCCC(=O)O.Nc1nc2c(ncn2COCCO)c(=O)[nH]1. The Hall–Kier alpha value is -2.72. The smallest absolute Gasteiger partial charge is 0.303 e. The number of hydrogen-bond acceptors (Lipinski definition) is 7. The van der Waals surface area contributed by atoms with Crippen LogP contribution in [0.25, 0.3) is 11.2 Å². The van der Waals surface area contributed by atoms with E-state index in [1.807, 2.05) is 0 Å². The van der Waals surface area contributed by atoms with Gasteiger partial charge in [0, 0.05) is 6.42 Å². The zero-order valence-corrected chi connectivity index (χ0v) is 21.8. The van der Waals surface area contributed by atoms with E-state index in [1.54, 1.807) is 0 Å². The van der Waals surface area contributed by atoms with E-state index in [0.717, 1.165) is 12.8 Å². The highest BCUT2D eigenvalue weighted by atomic mass is 16.5. The van der Waals surface area contributed by atoms with Crippen LogP contribution in [0.5, 0.6) is 0 Å². The molecule has 0 aliphatic rings. The molecule has 0 unspecified atom stereocenters. The van der Waals surface area contributed by atoms with Crippen LogP contribution >= 0.6 is 0 Å². The standard InChI is InChI=1S/C18H34O2.C8H11N5O3/c1-2-3-4-5-6-7-8-9-10-11-12-13-14-15-16-17-18(19)20;9-8-11-6-5(7(15)12-8)10-3-13(6)4-16-2-1-14/h9-10H,2-8,11-17H2,1H3,(H,19,20);3,14H,1-2,4H2,(H3,9,11,12,15)/b10-9+;. The third kappa shape index (κ3) is 14.6. The molecule has 10 heteroatoms. The number of nitrogen functional groups attached to an aromatic ring is 1. The fraction of sp³-hybridized carbons (Fsp3) is 0.692. The first kappa shape index (κ1) is 31.3. The summed E-state index contributed by atoms with van der Waals surface area (Å²) in [6.45, 7) is 2.56. The lowest BCUT2D eigenvalue weighted by Crippen LogP contribution is -2.13. The average Bonchev–Trinajstić information content (AvgIpc) is 3.25. The number of nitrogens with one attached hydrogen (secondary N) is 1. The number of hydrogen-bond donors (Lipinski definition) is 4. The fourth-order valence-electron chi connectivity index (χ4n) is 3.64. The molecule has 0 fully saturated rings. The van der Waals surface area contributed by atoms with Crippen LogP contribution in [0.3, 0.4) is 0 Å². The molecule has 0 saturated carbocycles. The highest BCUT2D eigenvalue weighted by Crippen LogP contribution is 2.10. The van der Waals surface area contributed by atoms with Gasteiger partial charge in [-0.25, -0.2) is 4.98 Å². The van der Waals surface area contributed by atoms with Crippen LogP contribution in [-0.4, -0.2) is 48.9 Å². The number of carboxylic acids is 1. The number of H-pyrrole nitrogens is 1. The Labute approximate surface area is 214 Å². The molecule has 0 aromatic carbocycles. The summed E-state index contributed by atoms with van der Waals surface area (Å²) in [5.74, 6) is -0.635. The molecule has 0 atom stereocenters. The van der Waals surface area contributed by atoms with E-state index in [0.29, 0.717) is 12.1 Å². The highest BCUT2D eigenvalue weighted by Gasteiger charge is 2.08. The van der Waals surface area contributed by atoms with Gasteiger partial charge in [0.1, 0.15) is 6.73 Å². The molecule has 0 radical (unpaired) electrons. The second-order valence-electron chi connectivity index (χ2n) is 8.83. The monoisotopic (exact) mass is 507 g/mol. The van der Waals surface area contributed by atoms with Crippen LogP contribution in [0.2, 0.25) is 0 Å². The number of ether oxygens (including phenoxy) is 1. The largest absolute Gasteiger partial charge is 0.481 e. The predicted octanol–water partition coefficient (Wildman–Crippen LogP) is 4.78. The number of anilines is 1. The molecule has 36 heavy (non-hydrogen) atoms. The molecule has 2 aromatic rings. The third-order valence-corrected chi connectivity index (χ3v) is 5.61. The summed E-state index contributed by atoms with van der Waals surface area (Å²) in [5, 5.41) is 17.1. The molecule has 5 N–H and O–H groups in total. The molecule has 0 amide bonds. The van der Waals surface area contributed by atoms with Crippen molar-refractivity contribution in [3.8, 4) is 0 Å². The number of carboxylic acid groups (broad SMARTS) is 1. The molecule has 2 heterocycles. The minimum Gasteiger partial charge on any atom is -0.481 e. The maximum Gasteiger partial charge on any atom is 0.303 e. The number of aliphatic hydroxyl groups is 1. The van der Waals surface area contributed by atoms with Gasteiger partial charge in [0.25, 0.3) is 5.56 Å². The number of nitrogens with zero attached hydrogens (tertiary/aromatic N) is 3. The first-order valence-corrected chi connectivity index (χ1v) is 13.3. The second-order valence-corrected chi connectivity index (χ2v) is 8.83. The number of aliphatic hydroxyl groups excluding tert-OH is 1. The summed E-state index contributed by atoms with van der Waals surface area (Å²) in [6, 6.07) is 0. The van der Waals surface area contributed by atoms with Gasteiger partial charge < -0.3 is 20.7 Å². The Morgan fingerprint density at radius 2 is 1.67 bits per heavy atom. The van der Waals surface area contributed by atoms with Crippen LogP contribution in [0.4, 0.5) is 5.95 Å². The van der Waals surface area contributed by atoms with Crippen molar-refractivity contribution >= 4 is 23.1 Å². The third-order valence-electron chi connectivity index (χ3n) is 5.61. The number of unbranched alkanes of at least 4 members (excludes halogenated alkanes) is 11. The van der Waals surface area contributed by atoms with Crippen molar-refractivity contribution in [2.24, 2.45) is 0 Å². The zero-order valence-electron chi connectivity index (χ0n) is 21.8. The summed E-state index contributed by atoms with van der Waals surface area (Å²) in [4.78, 5) is 31.9. The molecule has 0 spiro atoms.